The van der Waals surface area contributed by atoms with Gasteiger partial charge in [-0.1, -0.05) is 112 Å². The second-order valence-electron chi connectivity index (χ2n) is 9.74. The third-order valence-electron chi connectivity index (χ3n) is 6.54. The van der Waals surface area contributed by atoms with E-state index in [9.17, 15) is 0 Å². The molecule has 0 aromatic heterocycles. The van der Waals surface area contributed by atoms with E-state index < -0.39 is 8.32 Å². The fourth-order valence-corrected chi connectivity index (χ4v) is 9.72. The number of hydrogen-bond acceptors (Lipinski definition) is 2. The Balaban J connectivity index is 1.58. The summed E-state index contributed by atoms with van der Waals surface area (Å²) in [6, 6.07) is 32.8. The van der Waals surface area contributed by atoms with Gasteiger partial charge in [0.15, 0.2) is 0 Å². The van der Waals surface area contributed by atoms with E-state index in [1.807, 2.05) is 0 Å². The molecule has 0 spiro atoms. The van der Waals surface area contributed by atoms with Crippen molar-refractivity contribution < 1.29 is 4.43 Å². The van der Waals surface area contributed by atoms with Crippen LogP contribution in [0, 0.1) is 0 Å². The number of piperidine rings is 1. The van der Waals surface area contributed by atoms with Gasteiger partial charge in [-0.05, 0) is 33.8 Å². The molecule has 0 atom stereocenters. The molecular formula is C28H35NOSi. The van der Waals surface area contributed by atoms with Crippen LogP contribution in [0.5, 0.6) is 0 Å². The first-order valence-electron chi connectivity index (χ1n) is 11.5. The summed E-state index contributed by atoms with van der Waals surface area (Å²) in [5.74, 6) is 0. The van der Waals surface area contributed by atoms with Gasteiger partial charge in [0, 0.05) is 25.7 Å². The van der Waals surface area contributed by atoms with Crippen LogP contribution in [0.4, 0.5) is 0 Å². The first-order valence-corrected chi connectivity index (χ1v) is 13.4. The monoisotopic (exact) mass is 429 g/mol. The van der Waals surface area contributed by atoms with E-state index in [4.69, 9.17) is 4.43 Å². The molecule has 2 nitrogen and oxygen atoms in total. The van der Waals surface area contributed by atoms with Gasteiger partial charge in [0.25, 0.3) is 8.32 Å². The number of likely N-dealkylation sites (tertiary alicyclic amines) is 1. The minimum Gasteiger partial charge on any atom is -0.404 e. The topological polar surface area (TPSA) is 12.5 Å². The van der Waals surface area contributed by atoms with Crippen molar-refractivity contribution in [3.8, 4) is 0 Å². The molecule has 0 N–H and O–H groups in total. The van der Waals surface area contributed by atoms with Crippen LogP contribution in [0.15, 0.2) is 91.0 Å². The summed E-state index contributed by atoms with van der Waals surface area (Å²) in [4.78, 5) is 2.57. The van der Waals surface area contributed by atoms with Crippen LogP contribution in [-0.4, -0.2) is 32.4 Å². The molecule has 3 heteroatoms. The minimum atomic E-state index is -2.45. The van der Waals surface area contributed by atoms with Crippen LogP contribution >= 0.6 is 0 Å². The summed E-state index contributed by atoms with van der Waals surface area (Å²) in [7, 11) is -2.45. The van der Waals surface area contributed by atoms with E-state index in [1.165, 1.54) is 15.9 Å². The third-order valence-corrected chi connectivity index (χ3v) is 11.6. The van der Waals surface area contributed by atoms with Gasteiger partial charge in [-0.2, -0.15) is 0 Å². The van der Waals surface area contributed by atoms with Gasteiger partial charge in [0.2, 0.25) is 0 Å². The number of rotatable bonds is 6. The standard InChI is InChI=1S/C28H35NOSi/c1-28(2,3)31(26-15-9-5-10-16-26,27-17-11-6-12-18-27)30-25-19-21-29(22-20-25)23-24-13-7-4-8-14-24/h4-18,25H,19-23H2,1-3H3. The highest BCUT2D eigenvalue weighted by molar-refractivity contribution is 6.99. The van der Waals surface area contributed by atoms with Crippen LogP contribution in [0.2, 0.25) is 5.04 Å². The molecule has 4 rings (SSSR count). The number of nitrogens with zero attached hydrogens (tertiary/aromatic N) is 1. The molecule has 0 bridgehead atoms. The average molecular weight is 430 g/mol. The second kappa shape index (κ2) is 9.52. The predicted molar refractivity (Wildman–Crippen MR) is 133 cm³/mol. The summed E-state index contributed by atoms with van der Waals surface area (Å²) in [6.45, 7) is 10.3. The van der Waals surface area contributed by atoms with E-state index in [-0.39, 0.29) is 5.04 Å². The molecule has 1 fully saturated rings. The maximum Gasteiger partial charge on any atom is 0.261 e. The molecule has 31 heavy (non-hydrogen) atoms. The maximum atomic E-state index is 7.33. The highest BCUT2D eigenvalue weighted by atomic mass is 28.4. The van der Waals surface area contributed by atoms with Gasteiger partial charge in [-0.25, -0.2) is 0 Å². The van der Waals surface area contributed by atoms with Crippen LogP contribution in [0.3, 0.4) is 0 Å². The summed E-state index contributed by atoms with van der Waals surface area (Å²) in [5, 5.41) is 2.79. The summed E-state index contributed by atoms with van der Waals surface area (Å²) in [6.07, 6.45) is 2.49. The van der Waals surface area contributed by atoms with E-state index in [0.717, 1.165) is 32.5 Å². The number of hydrogen-bond donors (Lipinski definition) is 0. The Morgan fingerprint density at radius 2 is 1.19 bits per heavy atom. The van der Waals surface area contributed by atoms with Crippen LogP contribution in [0.1, 0.15) is 39.2 Å². The fraction of sp³-hybridized carbons (Fsp3) is 0.357. The first kappa shape index (κ1) is 22.0. The molecular weight excluding hydrogens is 394 g/mol. The Morgan fingerprint density at radius 3 is 1.65 bits per heavy atom. The highest BCUT2D eigenvalue weighted by Gasteiger charge is 2.51. The fourth-order valence-electron chi connectivity index (χ4n) is 4.97. The quantitative estimate of drug-likeness (QED) is 0.498. The third kappa shape index (κ3) is 4.84. The van der Waals surface area contributed by atoms with E-state index >= 15 is 0 Å². The molecule has 3 aromatic carbocycles. The van der Waals surface area contributed by atoms with Gasteiger partial charge in [-0.15, -0.1) is 0 Å². The minimum absolute atomic E-state index is 0.0386. The normalized spacial score (nSPS) is 16.4. The zero-order valence-corrected chi connectivity index (χ0v) is 20.1. The Morgan fingerprint density at radius 1 is 0.742 bits per heavy atom. The van der Waals surface area contributed by atoms with Crippen LogP contribution in [0.25, 0.3) is 0 Å². The Bertz CT molecular complexity index is 890. The smallest absolute Gasteiger partial charge is 0.261 e. The zero-order valence-electron chi connectivity index (χ0n) is 19.1. The first-order chi connectivity index (χ1) is 15.0. The van der Waals surface area contributed by atoms with Crippen LogP contribution < -0.4 is 10.4 Å². The van der Waals surface area contributed by atoms with Gasteiger partial charge in [-0.3, -0.25) is 4.90 Å². The molecule has 162 valence electrons. The Kier molecular flexibility index (Phi) is 6.76. The Labute approximate surface area is 189 Å². The molecule has 0 amide bonds. The van der Waals surface area contributed by atoms with Crippen molar-refractivity contribution in [2.24, 2.45) is 0 Å². The van der Waals surface area contributed by atoms with Crippen LogP contribution in [-0.2, 0) is 11.0 Å². The molecule has 1 heterocycles. The van der Waals surface area contributed by atoms with Crippen molar-refractivity contribution in [3.63, 3.8) is 0 Å². The molecule has 0 radical (unpaired) electrons. The molecule has 0 saturated carbocycles. The average Bonchev–Trinajstić information content (AvgIpc) is 2.80. The molecule has 0 unspecified atom stereocenters. The van der Waals surface area contributed by atoms with Crippen molar-refractivity contribution >= 4 is 18.7 Å². The van der Waals surface area contributed by atoms with Crippen molar-refractivity contribution in [1.29, 1.82) is 0 Å². The van der Waals surface area contributed by atoms with E-state index in [2.05, 4.69) is 117 Å². The van der Waals surface area contributed by atoms with Crippen molar-refractivity contribution in [3.05, 3.63) is 96.6 Å². The van der Waals surface area contributed by atoms with Gasteiger partial charge >= 0.3 is 0 Å². The molecule has 3 aromatic rings. The Hall–Kier alpha value is -2.20. The molecule has 1 aliphatic heterocycles. The van der Waals surface area contributed by atoms with Gasteiger partial charge in [0.05, 0.1) is 0 Å². The zero-order chi connectivity index (χ0) is 21.7. The maximum absolute atomic E-state index is 7.33. The van der Waals surface area contributed by atoms with E-state index in [1.54, 1.807) is 0 Å². The van der Waals surface area contributed by atoms with Gasteiger partial charge < -0.3 is 4.43 Å². The molecule has 1 saturated heterocycles. The highest BCUT2D eigenvalue weighted by Crippen LogP contribution is 2.38. The lowest BCUT2D eigenvalue weighted by Gasteiger charge is -2.46. The van der Waals surface area contributed by atoms with E-state index in [0.29, 0.717) is 6.10 Å². The lowest BCUT2D eigenvalue weighted by Crippen LogP contribution is -2.68. The molecule has 0 aliphatic carbocycles. The van der Waals surface area contributed by atoms with Crippen molar-refractivity contribution in [2.75, 3.05) is 13.1 Å². The summed E-state index contributed by atoms with van der Waals surface area (Å²) in [5.41, 5.74) is 1.40. The SMILES string of the molecule is CC(C)(C)[Si](OC1CCN(Cc2ccccc2)CC1)(c1ccccc1)c1ccccc1. The number of benzene rings is 3. The lowest BCUT2D eigenvalue weighted by atomic mass is 10.1. The summed E-state index contributed by atoms with van der Waals surface area (Å²) < 4.78 is 7.33. The van der Waals surface area contributed by atoms with Crippen molar-refractivity contribution in [1.82, 2.24) is 4.90 Å². The molecule has 1 aliphatic rings. The second-order valence-corrected chi connectivity index (χ2v) is 14.0. The summed E-state index contributed by atoms with van der Waals surface area (Å²) >= 11 is 0. The largest absolute Gasteiger partial charge is 0.404 e. The lowest BCUT2D eigenvalue weighted by molar-refractivity contribution is 0.0895. The van der Waals surface area contributed by atoms with Crippen molar-refractivity contribution in [2.45, 2.75) is 51.3 Å². The van der Waals surface area contributed by atoms with Gasteiger partial charge in [0.1, 0.15) is 0 Å². The predicted octanol–water partition coefficient (Wildman–Crippen LogP) is 5.23.